The quantitative estimate of drug-likeness (QED) is 0.535. The maximum Gasteiger partial charge on any atom is 0.176 e. The summed E-state index contributed by atoms with van der Waals surface area (Å²) in [6.45, 7) is 13.2. The fraction of sp³-hybridized carbons (Fsp3) is 0.375. The molecule has 1 aliphatic rings. The van der Waals surface area contributed by atoms with E-state index in [0.717, 1.165) is 32.6 Å². The maximum atomic E-state index is 10.00. The minimum Gasteiger partial charge on any atom is -0.508 e. The number of hydrogen-bond donors (Lipinski definition) is 1. The number of aromatic hydroxyl groups is 1. The van der Waals surface area contributed by atoms with Gasteiger partial charge in [0.05, 0.1) is 6.54 Å². The number of pyridine rings is 1. The number of aryl methyl sites for hydroxylation is 2. The number of likely N-dealkylation sites (N-methyl/N-ethyl adjacent to an activating group) is 1. The molecule has 2 aromatic carbocycles. The number of benzene rings is 2. The van der Waals surface area contributed by atoms with Gasteiger partial charge in [-0.05, 0) is 84.3 Å². The number of phenolic OH excluding ortho intramolecular Hbond substituents is 1. The maximum absolute atomic E-state index is 10.00. The van der Waals surface area contributed by atoms with E-state index in [-0.39, 0.29) is 0 Å². The van der Waals surface area contributed by atoms with Gasteiger partial charge in [0.25, 0.3) is 0 Å². The van der Waals surface area contributed by atoms with Gasteiger partial charge in [0, 0.05) is 11.5 Å². The van der Waals surface area contributed by atoms with Crippen LogP contribution >= 0.6 is 0 Å². The van der Waals surface area contributed by atoms with Gasteiger partial charge in [-0.1, -0.05) is 19.9 Å². The van der Waals surface area contributed by atoms with Gasteiger partial charge in [-0.25, -0.2) is 4.57 Å². The zero-order valence-electron chi connectivity index (χ0n) is 16.8. The topological polar surface area (TPSA) is 27.4 Å². The van der Waals surface area contributed by atoms with Crippen molar-refractivity contribution in [2.24, 2.45) is 0 Å². The first-order chi connectivity index (χ1) is 13.0. The zero-order valence-corrected chi connectivity index (χ0v) is 16.8. The highest BCUT2D eigenvalue weighted by atomic mass is 16.3. The summed E-state index contributed by atoms with van der Waals surface area (Å²) in [4.78, 5) is 2.46. The van der Waals surface area contributed by atoms with Crippen LogP contribution in [0.2, 0.25) is 0 Å². The number of nitrogens with zero attached hydrogens (tertiary/aromatic N) is 2. The van der Waals surface area contributed by atoms with E-state index in [1.807, 2.05) is 6.07 Å². The second kappa shape index (κ2) is 6.97. The predicted molar refractivity (Wildman–Crippen MR) is 111 cm³/mol. The van der Waals surface area contributed by atoms with Gasteiger partial charge in [-0.15, -0.1) is 0 Å². The summed E-state index contributed by atoms with van der Waals surface area (Å²) in [5.41, 5.74) is 7.96. The van der Waals surface area contributed by atoms with Crippen molar-refractivity contribution < 1.29 is 9.67 Å². The van der Waals surface area contributed by atoms with Crippen molar-refractivity contribution in [3.05, 3.63) is 58.9 Å². The van der Waals surface area contributed by atoms with Crippen molar-refractivity contribution in [1.29, 1.82) is 0 Å². The first kappa shape index (κ1) is 18.0. The van der Waals surface area contributed by atoms with Crippen LogP contribution in [-0.2, 0) is 13.0 Å². The van der Waals surface area contributed by atoms with Crippen LogP contribution in [0.25, 0.3) is 21.9 Å². The summed E-state index contributed by atoms with van der Waals surface area (Å²) in [6, 6.07) is 8.08. The van der Waals surface area contributed by atoms with Crippen molar-refractivity contribution in [2.75, 3.05) is 19.6 Å². The number of rotatable bonds is 5. The van der Waals surface area contributed by atoms with E-state index in [4.69, 9.17) is 0 Å². The van der Waals surface area contributed by atoms with Crippen LogP contribution < -0.4 is 4.57 Å². The molecule has 4 rings (SSSR count). The minimum atomic E-state index is 0.348. The molecule has 0 amide bonds. The molecule has 0 radical (unpaired) electrons. The van der Waals surface area contributed by atoms with Gasteiger partial charge in [0.1, 0.15) is 5.75 Å². The van der Waals surface area contributed by atoms with Gasteiger partial charge in [0.2, 0.25) is 0 Å². The van der Waals surface area contributed by atoms with E-state index in [9.17, 15) is 5.11 Å². The molecule has 140 valence electrons. The molecule has 0 aliphatic heterocycles. The molecule has 0 atom stereocenters. The molecule has 3 heteroatoms. The van der Waals surface area contributed by atoms with Gasteiger partial charge < -0.3 is 5.11 Å². The first-order valence-corrected chi connectivity index (χ1v) is 10.0. The van der Waals surface area contributed by atoms with Gasteiger partial charge in [0.15, 0.2) is 18.9 Å². The lowest BCUT2D eigenvalue weighted by Gasteiger charge is -2.16. The first-order valence-electron chi connectivity index (χ1n) is 10.0. The SMILES string of the molecule is CCN(CC)CC[n+]1ccc2c(C)c3c(c(C)c2c1)-c1cc(O)ccc1C3. The molecule has 27 heavy (non-hydrogen) atoms. The largest absolute Gasteiger partial charge is 0.508 e. The Hall–Kier alpha value is -2.39. The molecule has 3 nitrogen and oxygen atoms in total. The molecule has 1 aliphatic carbocycles. The van der Waals surface area contributed by atoms with Crippen molar-refractivity contribution in [2.45, 2.75) is 40.7 Å². The highest BCUT2D eigenvalue weighted by molar-refractivity contribution is 5.97. The standard InChI is InChI=1S/C24H28N2O/c1-5-25(6-2)11-12-26-10-9-20-16(3)21-13-18-7-8-19(27)14-22(18)24(21)17(4)23(20)15-26/h7-10,14-15H,5-6,11-13H2,1-4H3/p+1. The van der Waals surface area contributed by atoms with Gasteiger partial charge in [-0.2, -0.15) is 0 Å². The second-order valence-electron chi connectivity index (χ2n) is 7.66. The molecular formula is C24H29N2O+. The fourth-order valence-electron chi connectivity index (χ4n) is 4.54. The van der Waals surface area contributed by atoms with Crippen LogP contribution in [0.15, 0.2) is 36.7 Å². The molecule has 3 aromatic rings. The molecule has 0 fully saturated rings. The summed E-state index contributed by atoms with van der Waals surface area (Å²) in [7, 11) is 0. The molecule has 1 heterocycles. The monoisotopic (exact) mass is 361 g/mol. The summed E-state index contributed by atoms with van der Waals surface area (Å²) < 4.78 is 2.32. The Morgan fingerprint density at radius 2 is 1.81 bits per heavy atom. The molecule has 0 bridgehead atoms. The number of aromatic nitrogens is 1. The third-order valence-electron chi connectivity index (χ3n) is 6.25. The number of phenols is 1. The summed E-state index contributed by atoms with van der Waals surface area (Å²) in [5.74, 6) is 0.348. The summed E-state index contributed by atoms with van der Waals surface area (Å²) >= 11 is 0. The molecule has 0 spiro atoms. The third kappa shape index (κ3) is 3.00. The minimum absolute atomic E-state index is 0.348. The zero-order chi connectivity index (χ0) is 19.1. The Morgan fingerprint density at radius 3 is 2.56 bits per heavy atom. The fourth-order valence-corrected chi connectivity index (χ4v) is 4.54. The summed E-state index contributed by atoms with van der Waals surface area (Å²) in [6.07, 6.45) is 5.49. The second-order valence-corrected chi connectivity index (χ2v) is 7.66. The smallest absolute Gasteiger partial charge is 0.176 e. The van der Waals surface area contributed by atoms with Gasteiger partial charge >= 0.3 is 0 Å². The Labute approximate surface area is 161 Å². The van der Waals surface area contributed by atoms with Crippen LogP contribution in [0, 0.1) is 13.8 Å². The highest BCUT2D eigenvalue weighted by Gasteiger charge is 2.25. The molecule has 0 saturated heterocycles. The van der Waals surface area contributed by atoms with Crippen molar-refractivity contribution in [3.63, 3.8) is 0 Å². The average Bonchev–Trinajstić information content (AvgIpc) is 3.06. The van der Waals surface area contributed by atoms with Crippen LogP contribution in [0.3, 0.4) is 0 Å². The van der Waals surface area contributed by atoms with Crippen molar-refractivity contribution >= 4 is 10.8 Å². The molecule has 1 aromatic heterocycles. The lowest BCUT2D eigenvalue weighted by atomic mass is 9.91. The average molecular weight is 362 g/mol. The van der Waals surface area contributed by atoms with E-state index in [0.29, 0.717) is 5.75 Å². The van der Waals surface area contributed by atoms with Crippen LogP contribution in [-0.4, -0.2) is 29.6 Å². The van der Waals surface area contributed by atoms with Crippen molar-refractivity contribution in [3.8, 4) is 16.9 Å². The van der Waals surface area contributed by atoms with E-state index in [1.54, 1.807) is 6.07 Å². The molecule has 1 N–H and O–H groups in total. The Morgan fingerprint density at radius 1 is 1.04 bits per heavy atom. The van der Waals surface area contributed by atoms with E-state index >= 15 is 0 Å². The third-order valence-corrected chi connectivity index (χ3v) is 6.25. The normalized spacial score (nSPS) is 12.6. The van der Waals surface area contributed by atoms with Crippen LogP contribution in [0.4, 0.5) is 0 Å². The van der Waals surface area contributed by atoms with Crippen LogP contribution in [0.5, 0.6) is 5.75 Å². The highest BCUT2D eigenvalue weighted by Crippen LogP contribution is 2.44. The summed E-state index contributed by atoms with van der Waals surface area (Å²) in [5, 5.41) is 12.7. The molecule has 0 saturated carbocycles. The van der Waals surface area contributed by atoms with Crippen molar-refractivity contribution in [1.82, 2.24) is 4.90 Å². The molecular weight excluding hydrogens is 332 g/mol. The van der Waals surface area contributed by atoms with Crippen LogP contribution in [0.1, 0.15) is 36.1 Å². The van der Waals surface area contributed by atoms with E-state index in [1.165, 1.54) is 44.2 Å². The lowest BCUT2D eigenvalue weighted by Crippen LogP contribution is -2.40. The lowest BCUT2D eigenvalue weighted by molar-refractivity contribution is -0.695. The molecule has 0 unspecified atom stereocenters. The van der Waals surface area contributed by atoms with E-state index < -0.39 is 0 Å². The Kier molecular flexibility index (Phi) is 4.65. The predicted octanol–water partition coefficient (Wildman–Crippen LogP) is 4.36. The van der Waals surface area contributed by atoms with E-state index in [2.05, 4.69) is 61.7 Å². The number of hydrogen-bond acceptors (Lipinski definition) is 2. The Balaban J connectivity index is 1.81. The number of fused-ring (bicyclic) bond motifs is 4. The Bertz CT molecular complexity index is 1020. The van der Waals surface area contributed by atoms with Gasteiger partial charge in [-0.3, -0.25) is 4.90 Å².